The SMILES string of the molecule is CCOC(=O)COc1c(Cl)cc(C=NNC(N)=S)cc1OCC. The molecule has 0 saturated heterocycles. The molecule has 3 N–H and O–H groups in total. The van der Waals surface area contributed by atoms with Crippen LogP contribution >= 0.6 is 23.8 Å². The fraction of sp³-hybridized carbons (Fsp3) is 0.357. The standard InChI is InChI=1S/C14H18ClN3O4S/c1-3-20-11-6-9(7-17-18-14(16)23)5-10(15)13(11)22-8-12(19)21-4-2/h5-7H,3-4,8H2,1-2H3,(H3,16,18,23). The van der Waals surface area contributed by atoms with Gasteiger partial charge >= 0.3 is 5.97 Å². The number of rotatable bonds is 8. The number of ether oxygens (including phenoxy) is 3. The van der Waals surface area contributed by atoms with Gasteiger partial charge in [-0.25, -0.2) is 4.79 Å². The van der Waals surface area contributed by atoms with E-state index in [1.807, 2.05) is 6.92 Å². The van der Waals surface area contributed by atoms with E-state index in [1.165, 1.54) is 6.21 Å². The van der Waals surface area contributed by atoms with Gasteiger partial charge < -0.3 is 19.9 Å². The highest BCUT2D eigenvalue weighted by molar-refractivity contribution is 7.80. The Morgan fingerprint density at radius 2 is 2.13 bits per heavy atom. The van der Waals surface area contributed by atoms with E-state index in [0.29, 0.717) is 17.9 Å². The molecule has 0 unspecified atom stereocenters. The summed E-state index contributed by atoms with van der Waals surface area (Å²) < 4.78 is 15.7. The van der Waals surface area contributed by atoms with Gasteiger partial charge in [0, 0.05) is 0 Å². The lowest BCUT2D eigenvalue weighted by molar-refractivity contribution is -0.145. The number of hydrazone groups is 1. The van der Waals surface area contributed by atoms with Crippen molar-refractivity contribution in [3.63, 3.8) is 0 Å². The third-order valence-electron chi connectivity index (χ3n) is 2.36. The lowest BCUT2D eigenvalue weighted by Gasteiger charge is -2.14. The maximum Gasteiger partial charge on any atom is 0.344 e. The molecule has 126 valence electrons. The summed E-state index contributed by atoms with van der Waals surface area (Å²) in [6, 6.07) is 3.27. The maximum atomic E-state index is 11.4. The van der Waals surface area contributed by atoms with Crippen LogP contribution in [0.5, 0.6) is 11.5 Å². The topological polar surface area (TPSA) is 95.2 Å². The molecule has 9 heteroatoms. The third-order valence-corrected chi connectivity index (χ3v) is 2.73. The van der Waals surface area contributed by atoms with Crippen LogP contribution in [0, 0.1) is 0 Å². The molecule has 0 radical (unpaired) electrons. The Morgan fingerprint density at radius 1 is 1.39 bits per heavy atom. The first-order valence-corrected chi connectivity index (χ1v) is 7.59. The molecule has 0 aliphatic rings. The van der Waals surface area contributed by atoms with Gasteiger partial charge in [0.05, 0.1) is 24.5 Å². The molecule has 0 spiro atoms. The Balaban J connectivity index is 2.94. The van der Waals surface area contributed by atoms with Gasteiger partial charge in [0.15, 0.2) is 23.2 Å². The number of benzene rings is 1. The van der Waals surface area contributed by atoms with Crippen molar-refractivity contribution in [2.45, 2.75) is 13.8 Å². The van der Waals surface area contributed by atoms with Crippen molar-refractivity contribution in [3.05, 3.63) is 22.7 Å². The van der Waals surface area contributed by atoms with E-state index in [-0.39, 0.29) is 29.1 Å². The molecule has 1 rings (SSSR count). The summed E-state index contributed by atoms with van der Waals surface area (Å²) in [6.07, 6.45) is 1.47. The molecular weight excluding hydrogens is 342 g/mol. The van der Waals surface area contributed by atoms with Gasteiger partial charge in [0.25, 0.3) is 0 Å². The zero-order valence-corrected chi connectivity index (χ0v) is 14.4. The molecule has 0 bridgehead atoms. The molecular formula is C14H18ClN3O4S. The van der Waals surface area contributed by atoms with Crippen LogP contribution in [0.3, 0.4) is 0 Å². The van der Waals surface area contributed by atoms with Crippen LogP contribution in [-0.4, -0.2) is 37.1 Å². The molecule has 0 heterocycles. The van der Waals surface area contributed by atoms with Crippen molar-refractivity contribution in [2.24, 2.45) is 10.8 Å². The van der Waals surface area contributed by atoms with E-state index in [4.69, 9.17) is 31.5 Å². The van der Waals surface area contributed by atoms with Gasteiger partial charge in [-0.05, 0) is 43.8 Å². The Morgan fingerprint density at radius 3 is 2.74 bits per heavy atom. The number of hydrogen-bond acceptors (Lipinski definition) is 6. The summed E-state index contributed by atoms with van der Waals surface area (Å²) >= 11 is 10.8. The maximum absolute atomic E-state index is 11.4. The second kappa shape index (κ2) is 9.86. The predicted octanol–water partition coefficient (Wildman–Crippen LogP) is 1.85. The fourth-order valence-corrected chi connectivity index (χ4v) is 1.90. The average molecular weight is 360 g/mol. The largest absolute Gasteiger partial charge is 0.490 e. The number of hydrogen-bond donors (Lipinski definition) is 2. The van der Waals surface area contributed by atoms with Crippen molar-refractivity contribution in [1.29, 1.82) is 0 Å². The number of nitrogens with one attached hydrogen (secondary N) is 1. The number of halogens is 1. The van der Waals surface area contributed by atoms with E-state index in [0.717, 1.165) is 0 Å². The molecule has 0 amide bonds. The Bertz CT molecular complexity index is 596. The first-order valence-electron chi connectivity index (χ1n) is 6.81. The average Bonchev–Trinajstić information content (AvgIpc) is 2.46. The fourth-order valence-electron chi connectivity index (χ4n) is 1.57. The second-order valence-corrected chi connectivity index (χ2v) is 4.94. The smallest absolute Gasteiger partial charge is 0.344 e. The number of carbonyl (C=O) groups is 1. The normalized spacial score (nSPS) is 10.4. The number of nitrogens with zero attached hydrogens (tertiary/aromatic N) is 1. The van der Waals surface area contributed by atoms with Crippen LogP contribution in [0.4, 0.5) is 0 Å². The zero-order chi connectivity index (χ0) is 17.2. The number of thiocarbonyl (C=S) groups is 1. The van der Waals surface area contributed by atoms with Gasteiger partial charge in [0.2, 0.25) is 0 Å². The quantitative estimate of drug-likeness (QED) is 0.316. The summed E-state index contributed by atoms with van der Waals surface area (Å²) in [4.78, 5) is 11.4. The minimum atomic E-state index is -0.489. The summed E-state index contributed by atoms with van der Waals surface area (Å²) in [7, 11) is 0. The van der Waals surface area contributed by atoms with Crippen molar-refractivity contribution < 1.29 is 19.0 Å². The summed E-state index contributed by atoms with van der Waals surface area (Å²) in [5.41, 5.74) is 8.35. The molecule has 7 nitrogen and oxygen atoms in total. The molecule has 0 aliphatic heterocycles. The van der Waals surface area contributed by atoms with E-state index < -0.39 is 5.97 Å². The van der Waals surface area contributed by atoms with Crippen LogP contribution in [0.15, 0.2) is 17.2 Å². The van der Waals surface area contributed by atoms with Crippen LogP contribution in [0.1, 0.15) is 19.4 Å². The molecule has 0 saturated carbocycles. The van der Waals surface area contributed by atoms with Crippen LogP contribution in [0.2, 0.25) is 5.02 Å². The summed E-state index contributed by atoms with van der Waals surface area (Å²) in [5, 5.41) is 4.16. The van der Waals surface area contributed by atoms with Crippen LogP contribution < -0.4 is 20.6 Å². The molecule has 0 fully saturated rings. The molecule has 1 aromatic rings. The van der Waals surface area contributed by atoms with Crippen molar-refractivity contribution in [2.75, 3.05) is 19.8 Å². The van der Waals surface area contributed by atoms with Crippen LogP contribution in [0.25, 0.3) is 0 Å². The first kappa shape index (κ1) is 19.0. The monoisotopic (exact) mass is 359 g/mol. The van der Waals surface area contributed by atoms with Gasteiger partial charge in [-0.1, -0.05) is 11.6 Å². The van der Waals surface area contributed by atoms with E-state index >= 15 is 0 Å². The Kier molecular flexibility index (Phi) is 8.14. The molecule has 1 aromatic carbocycles. The Hall–Kier alpha value is -2.06. The van der Waals surface area contributed by atoms with E-state index in [9.17, 15) is 4.79 Å². The molecule has 0 aliphatic carbocycles. The zero-order valence-electron chi connectivity index (χ0n) is 12.8. The van der Waals surface area contributed by atoms with Crippen molar-refractivity contribution >= 4 is 41.1 Å². The molecule has 0 atom stereocenters. The highest BCUT2D eigenvalue weighted by atomic mass is 35.5. The highest BCUT2D eigenvalue weighted by Gasteiger charge is 2.14. The minimum Gasteiger partial charge on any atom is -0.490 e. The summed E-state index contributed by atoms with van der Waals surface area (Å²) in [6.45, 7) is 3.95. The van der Waals surface area contributed by atoms with E-state index in [2.05, 4.69) is 22.7 Å². The van der Waals surface area contributed by atoms with Gasteiger partial charge in [-0.3, -0.25) is 5.43 Å². The number of nitrogens with two attached hydrogens (primary N) is 1. The van der Waals surface area contributed by atoms with Gasteiger partial charge in [0.1, 0.15) is 0 Å². The highest BCUT2D eigenvalue weighted by Crippen LogP contribution is 2.36. The van der Waals surface area contributed by atoms with Crippen LogP contribution in [-0.2, 0) is 9.53 Å². The summed E-state index contributed by atoms with van der Waals surface area (Å²) in [5.74, 6) is 0.166. The molecule has 0 aromatic heterocycles. The lowest BCUT2D eigenvalue weighted by atomic mass is 10.2. The molecule has 23 heavy (non-hydrogen) atoms. The second-order valence-electron chi connectivity index (χ2n) is 4.09. The Labute approximate surface area is 144 Å². The third kappa shape index (κ3) is 6.70. The van der Waals surface area contributed by atoms with Crippen molar-refractivity contribution in [3.8, 4) is 11.5 Å². The van der Waals surface area contributed by atoms with Crippen molar-refractivity contribution in [1.82, 2.24) is 5.43 Å². The first-order chi connectivity index (χ1) is 11.0. The van der Waals surface area contributed by atoms with E-state index in [1.54, 1.807) is 19.1 Å². The number of carbonyl (C=O) groups excluding carboxylic acids is 1. The number of esters is 1. The van der Waals surface area contributed by atoms with Gasteiger partial charge in [-0.2, -0.15) is 5.10 Å². The minimum absolute atomic E-state index is 0.0479. The van der Waals surface area contributed by atoms with Gasteiger partial charge in [-0.15, -0.1) is 0 Å². The lowest BCUT2D eigenvalue weighted by Crippen LogP contribution is -2.24. The predicted molar refractivity (Wildman–Crippen MR) is 92.3 cm³/mol.